The average molecular weight is 425 g/mol. The molecule has 1 aromatic carbocycles. The molecule has 0 aliphatic heterocycles. The third-order valence-electron chi connectivity index (χ3n) is 5.69. The first-order valence-electron chi connectivity index (χ1n) is 11.7. The van der Waals surface area contributed by atoms with Crippen molar-refractivity contribution in [3.05, 3.63) is 18.2 Å². The highest BCUT2D eigenvalue weighted by Crippen LogP contribution is 2.26. The van der Waals surface area contributed by atoms with Gasteiger partial charge in [0.1, 0.15) is 0 Å². The summed E-state index contributed by atoms with van der Waals surface area (Å²) in [6, 6.07) is 5.02. The summed E-state index contributed by atoms with van der Waals surface area (Å²) in [7, 11) is -1.19. The Balaban J connectivity index is 2.05. The first-order chi connectivity index (χ1) is 13.9. The molecule has 0 atom stereocenters. The van der Waals surface area contributed by atoms with E-state index < -0.39 is 9.84 Å². The maximum atomic E-state index is 11.6. The third-order valence-corrected chi connectivity index (χ3v) is 6.80. The van der Waals surface area contributed by atoms with Crippen LogP contribution >= 0.6 is 0 Å². The molecular weight excluding hydrogens is 380 g/mol. The average Bonchev–Trinajstić information content (AvgIpc) is 2.67. The van der Waals surface area contributed by atoms with E-state index in [4.69, 9.17) is 5.73 Å². The van der Waals surface area contributed by atoms with Gasteiger partial charge in [-0.3, -0.25) is 0 Å². The van der Waals surface area contributed by atoms with Gasteiger partial charge in [-0.15, -0.1) is 0 Å². The van der Waals surface area contributed by atoms with Gasteiger partial charge in [0, 0.05) is 19.8 Å². The molecule has 0 radical (unpaired) electrons. The van der Waals surface area contributed by atoms with Gasteiger partial charge in [0.2, 0.25) is 0 Å². The second-order valence-electron chi connectivity index (χ2n) is 8.51. The van der Waals surface area contributed by atoms with Crippen LogP contribution in [0.5, 0.6) is 0 Å². The van der Waals surface area contributed by atoms with E-state index in [1.807, 2.05) is 13.1 Å². The molecular formula is C24H44N2O2S. The molecule has 4 nitrogen and oxygen atoms in total. The Morgan fingerprint density at radius 2 is 1.24 bits per heavy atom. The Bertz CT molecular complexity index is 659. The molecule has 0 spiro atoms. The molecule has 2 N–H and O–H groups in total. The highest BCUT2D eigenvalue weighted by molar-refractivity contribution is 7.90. The lowest BCUT2D eigenvalue weighted by Gasteiger charge is -2.21. The molecule has 0 fully saturated rings. The zero-order valence-corrected chi connectivity index (χ0v) is 19.9. The Morgan fingerprint density at radius 1 is 0.793 bits per heavy atom. The molecule has 0 saturated heterocycles. The lowest BCUT2D eigenvalue weighted by atomic mass is 10.0. The van der Waals surface area contributed by atoms with E-state index in [9.17, 15) is 8.42 Å². The second kappa shape index (κ2) is 14.7. The largest absolute Gasteiger partial charge is 0.397 e. The van der Waals surface area contributed by atoms with Crippen molar-refractivity contribution in [2.24, 2.45) is 0 Å². The summed E-state index contributed by atoms with van der Waals surface area (Å²) < 4.78 is 23.2. The van der Waals surface area contributed by atoms with E-state index in [0.29, 0.717) is 5.69 Å². The van der Waals surface area contributed by atoms with Crippen molar-refractivity contribution in [3.63, 3.8) is 0 Å². The number of sulfone groups is 1. The van der Waals surface area contributed by atoms with E-state index in [1.54, 1.807) is 12.1 Å². The van der Waals surface area contributed by atoms with Gasteiger partial charge in [-0.05, 0) is 24.6 Å². The summed E-state index contributed by atoms with van der Waals surface area (Å²) in [6.07, 6.45) is 20.2. The van der Waals surface area contributed by atoms with Gasteiger partial charge in [-0.2, -0.15) is 0 Å². The van der Waals surface area contributed by atoms with E-state index in [1.165, 1.54) is 89.7 Å². The van der Waals surface area contributed by atoms with Crippen molar-refractivity contribution in [2.75, 3.05) is 30.5 Å². The molecule has 0 unspecified atom stereocenters. The molecule has 0 saturated carbocycles. The minimum absolute atomic E-state index is 0.281. The third kappa shape index (κ3) is 11.5. The van der Waals surface area contributed by atoms with Crippen molar-refractivity contribution >= 4 is 21.2 Å². The maximum Gasteiger partial charge on any atom is 0.175 e. The fraction of sp³-hybridized carbons (Fsp3) is 0.750. The summed E-state index contributed by atoms with van der Waals surface area (Å²) in [6.45, 7) is 3.22. The van der Waals surface area contributed by atoms with Crippen molar-refractivity contribution in [1.82, 2.24) is 0 Å². The van der Waals surface area contributed by atoms with Gasteiger partial charge in [0.05, 0.1) is 16.3 Å². The van der Waals surface area contributed by atoms with E-state index in [2.05, 4.69) is 11.8 Å². The van der Waals surface area contributed by atoms with Crippen LogP contribution in [0.2, 0.25) is 0 Å². The van der Waals surface area contributed by atoms with Crippen LogP contribution in [-0.4, -0.2) is 28.3 Å². The standard InChI is InChI=1S/C24H44N2O2S/c1-4-5-6-7-8-9-10-11-12-13-14-15-16-17-20-26(2)24-19-18-22(21-23(24)25)29(3,27)28/h18-19,21H,4-17,20,25H2,1-3H3. The zero-order valence-electron chi connectivity index (χ0n) is 19.1. The van der Waals surface area contributed by atoms with Crippen LogP contribution < -0.4 is 10.6 Å². The van der Waals surface area contributed by atoms with Crippen molar-refractivity contribution in [3.8, 4) is 0 Å². The van der Waals surface area contributed by atoms with E-state index >= 15 is 0 Å². The summed E-state index contributed by atoms with van der Waals surface area (Å²) in [5, 5.41) is 0. The minimum Gasteiger partial charge on any atom is -0.397 e. The van der Waals surface area contributed by atoms with Gasteiger partial charge in [-0.1, -0.05) is 90.4 Å². The number of rotatable bonds is 17. The lowest BCUT2D eigenvalue weighted by molar-refractivity contribution is 0.535. The van der Waals surface area contributed by atoms with Crippen LogP contribution in [0.4, 0.5) is 11.4 Å². The van der Waals surface area contributed by atoms with Gasteiger partial charge in [0.15, 0.2) is 9.84 Å². The number of hydrogen-bond acceptors (Lipinski definition) is 4. The predicted octanol–water partition coefficient (Wildman–Crippen LogP) is 6.59. The number of nitrogen functional groups attached to an aromatic ring is 1. The summed E-state index contributed by atoms with van der Waals surface area (Å²) in [4.78, 5) is 2.41. The van der Waals surface area contributed by atoms with Crippen molar-refractivity contribution in [1.29, 1.82) is 0 Å². The Kier molecular flexibility index (Phi) is 13.1. The summed E-state index contributed by atoms with van der Waals surface area (Å²) in [5.74, 6) is 0. The molecule has 168 valence electrons. The van der Waals surface area contributed by atoms with Crippen LogP contribution in [0.1, 0.15) is 96.8 Å². The Hall–Kier alpha value is -1.23. The Labute approximate surface area is 180 Å². The van der Waals surface area contributed by atoms with Crippen molar-refractivity contribution < 1.29 is 8.42 Å². The molecule has 0 bridgehead atoms. The molecule has 1 aromatic rings. The number of benzene rings is 1. The quantitative estimate of drug-likeness (QED) is 0.226. The normalized spacial score (nSPS) is 11.7. The van der Waals surface area contributed by atoms with Crippen LogP contribution in [0.15, 0.2) is 23.1 Å². The molecule has 0 aliphatic carbocycles. The number of unbranched alkanes of at least 4 members (excludes halogenated alkanes) is 13. The van der Waals surface area contributed by atoms with Crippen LogP contribution in [0.3, 0.4) is 0 Å². The zero-order chi connectivity index (χ0) is 21.5. The van der Waals surface area contributed by atoms with E-state index in [-0.39, 0.29) is 4.90 Å². The molecule has 1 rings (SSSR count). The van der Waals surface area contributed by atoms with Crippen LogP contribution in [0.25, 0.3) is 0 Å². The summed E-state index contributed by atoms with van der Waals surface area (Å²) in [5.41, 5.74) is 7.50. The van der Waals surface area contributed by atoms with Gasteiger partial charge in [-0.25, -0.2) is 8.42 Å². The van der Waals surface area contributed by atoms with Gasteiger partial charge < -0.3 is 10.6 Å². The molecule has 29 heavy (non-hydrogen) atoms. The lowest BCUT2D eigenvalue weighted by Crippen LogP contribution is -2.20. The highest BCUT2D eigenvalue weighted by Gasteiger charge is 2.11. The predicted molar refractivity (Wildman–Crippen MR) is 128 cm³/mol. The van der Waals surface area contributed by atoms with Crippen LogP contribution in [0, 0.1) is 0 Å². The summed E-state index contributed by atoms with van der Waals surface area (Å²) >= 11 is 0. The molecule has 0 aromatic heterocycles. The molecule has 0 aliphatic rings. The molecule has 0 amide bonds. The number of hydrogen-bond donors (Lipinski definition) is 1. The number of nitrogens with zero attached hydrogens (tertiary/aromatic N) is 1. The second-order valence-corrected chi connectivity index (χ2v) is 10.5. The number of nitrogens with two attached hydrogens (primary N) is 1. The SMILES string of the molecule is CCCCCCCCCCCCCCCCN(C)c1ccc(S(C)(=O)=O)cc1N. The smallest absolute Gasteiger partial charge is 0.175 e. The van der Waals surface area contributed by atoms with Gasteiger partial charge in [0.25, 0.3) is 0 Å². The fourth-order valence-corrected chi connectivity index (χ4v) is 4.43. The maximum absolute atomic E-state index is 11.6. The monoisotopic (exact) mass is 424 g/mol. The minimum atomic E-state index is -3.21. The Morgan fingerprint density at radius 3 is 1.66 bits per heavy atom. The van der Waals surface area contributed by atoms with Gasteiger partial charge >= 0.3 is 0 Å². The first-order valence-corrected chi connectivity index (χ1v) is 13.6. The topological polar surface area (TPSA) is 63.4 Å². The number of anilines is 2. The molecule has 5 heteroatoms. The fourth-order valence-electron chi connectivity index (χ4n) is 3.77. The van der Waals surface area contributed by atoms with Crippen LogP contribution in [-0.2, 0) is 9.84 Å². The highest BCUT2D eigenvalue weighted by atomic mass is 32.2. The van der Waals surface area contributed by atoms with Crippen molar-refractivity contribution in [2.45, 2.75) is 102 Å². The first kappa shape index (κ1) is 25.8. The molecule has 0 heterocycles. The van der Waals surface area contributed by atoms with E-state index in [0.717, 1.165) is 18.7 Å².